The minimum Gasteiger partial charge on any atom is -0.496 e. The summed E-state index contributed by atoms with van der Waals surface area (Å²) in [6.45, 7) is 8.32. The van der Waals surface area contributed by atoms with Crippen LogP contribution in [0.3, 0.4) is 0 Å². The Morgan fingerprint density at radius 2 is 2.00 bits per heavy atom. The number of benzene rings is 1. The molecule has 0 aliphatic carbocycles. The first-order valence-electron chi connectivity index (χ1n) is 9.64. The first-order chi connectivity index (χ1) is 13.3. The van der Waals surface area contributed by atoms with Gasteiger partial charge in [0, 0.05) is 31.1 Å². The first kappa shape index (κ1) is 20.6. The van der Waals surface area contributed by atoms with Gasteiger partial charge in [-0.3, -0.25) is 4.90 Å². The highest BCUT2D eigenvalue weighted by Gasteiger charge is 2.24. The van der Waals surface area contributed by atoms with E-state index in [0.717, 1.165) is 54.5 Å². The first-order valence-corrected chi connectivity index (χ1v) is 10.5. The number of amides is 1. The van der Waals surface area contributed by atoms with Crippen LogP contribution < -0.4 is 10.1 Å². The Balaban J connectivity index is 1.50. The second-order valence-corrected chi connectivity index (χ2v) is 8.90. The van der Waals surface area contributed by atoms with Crippen molar-refractivity contribution in [2.75, 3.05) is 20.2 Å². The smallest absolute Gasteiger partial charge is 0.407 e. The van der Waals surface area contributed by atoms with Crippen molar-refractivity contribution in [1.29, 1.82) is 0 Å². The quantitative estimate of drug-likeness (QED) is 0.806. The summed E-state index contributed by atoms with van der Waals surface area (Å²) in [4.78, 5) is 19.1. The van der Waals surface area contributed by atoms with Gasteiger partial charge in [-0.1, -0.05) is 12.1 Å². The van der Waals surface area contributed by atoms with E-state index < -0.39 is 5.60 Å². The highest BCUT2D eigenvalue weighted by molar-refractivity contribution is 7.13. The average molecular weight is 404 g/mol. The number of ether oxygens (including phenoxy) is 2. The van der Waals surface area contributed by atoms with Gasteiger partial charge in [0.2, 0.25) is 0 Å². The lowest BCUT2D eigenvalue weighted by Crippen LogP contribution is -2.45. The molecule has 1 fully saturated rings. The van der Waals surface area contributed by atoms with Crippen LogP contribution in [-0.2, 0) is 11.3 Å². The normalized spacial score (nSPS) is 16.0. The van der Waals surface area contributed by atoms with Crippen LogP contribution in [-0.4, -0.2) is 47.8 Å². The molecule has 1 saturated heterocycles. The summed E-state index contributed by atoms with van der Waals surface area (Å²) in [5.74, 6) is 0.845. The maximum atomic E-state index is 11.9. The molecular formula is C21H29N3O3S. The van der Waals surface area contributed by atoms with E-state index in [1.165, 1.54) is 0 Å². The molecule has 28 heavy (non-hydrogen) atoms. The molecule has 1 aliphatic heterocycles. The molecule has 152 valence electrons. The molecule has 3 rings (SSSR count). The highest BCUT2D eigenvalue weighted by atomic mass is 32.1. The number of para-hydroxylation sites is 1. The van der Waals surface area contributed by atoms with Gasteiger partial charge in [-0.2, -0.15) is 0 Å². The van der Waals surface area contributed by atoms with Gasteiger partial charge in [0.1, 0.15) is 16.4 Å². The van der Waals surface area contributed by atoms with Gasteiger partial charge in [0.05, 0.1) is 18.4 Å². The topological polar surface area (TPSA) is 63.7 Å². The van der Waals surface area contributed by atoms with Crippen molar-refractivity contribution in [2.24, 2.45) is 0 Å². The van der Waals surface area contributed by atoms with Crippen molar-refractivity contribution in [2.45, 2.75) is 51.8 Å². The molecular weight excluding hydrogens is 374 g/mol. The van der Waals surface area contributed by atoms with Crippen molar-refractivity contribution < 1.29 is 14.3 Å². The number of hydrogen-bond donors (Lipinski definition) is 1. The lowest BCUT2D eigenvalue weighted by atomic mass is 10.1. The zero-order valence-corrected chi connectivity index (χ0v) is 17.8. The van der Waals surface area contributed by atoms with E-state index >= 15 is 0 Å². The van der Waals surface area contributed by atoms with Gasteiger partial charge in [-0.05, 0) is 45.7 Å². The zero-order valence-electron chi connectivity index (χ0n) is 17.0. The molecule has 2 aromatic rings. The lowest BCUT2D eigenvalue weighted by Gasteiger charge is -2.32. The van der Waals surface area contributed by atoms with E-state index in [1.54, 1.807) is 18.4 Å². The van der Waals surface area contributed by atoms with E-state index in [9.17, 15) is 4.79 Å². The molecule has 0 atom stereocenters. The Labute approximate surface area is 170 Å². The predicted octanol–water partition coefficient (Wildman–Crippen LogP) is 4.31. The number of carbonyl (C=O) groups excluding carboxylic acids is 1. The minimum atomic E-state index is -0.464. The van der Waals surface area contributed by atoms with Crippen molar-refractivity contribution in [3.05, 3.63) is 35.3 Å². The fraction of sp³-hybridized carbons (Fsp3) is 0.524. The van der Waals surface area contributed by atoms with Crippen LogP contribution in [0.15, 0.2) is 29.6 Å². The van der Waals surface area contributed by atoms with Crippen molar-refractivity contribution in [1.82, 2.24) is 15.2 Å². The average Bonchev–Trinajstić information content (AvgIpc) is 3.10. The van der Waals surface area contributed by atoms with Crippen LogP contribution >= 0.6 is 11.3 Å². The molecule has 1 aromatic carbocycles. The summed E-state index contributed by atoms with van der Waals surface area (Å²) >= 11 is 1.64. The van der Waals surface area contributed by atoms with Gasteiger partial charge < -0.3 is 14.8 Å². The maximum absolute atomic E-state index is 11.9. The van der Waals surface area contributed by atoms with Gasteiger partial charge in [-0.15, -0.1) is 11.3 Å². The van der Waals surface area contributed by atoms with E-state index in [2.05, 4.69) is 15.6 Å². The number of rotatable bonds is 5. The number of piperidine rings is 1. The molecule has 2 heterocycles. The van der Waals surface area contributed by atoms with Crippen LogP contribution in [0, 0.1) is 0 Å². The van der Waals surface area contributed by atoms with Gasteiger partial charge in [0.15, 0.2) is 0 Å². The number of thiazole rings is 1. The third-order valence-electron chi connectivity index (χ3n) is 4.58. The summed E-state index contributed by atoms with van der Waals surface area (Å²) in [6, 6.07) is 8.13. The molecule has 1 aromatic heterocycles. The molecule has 0 bridgehead atoms. The molecule has 1 aliphatic rings. The van der Waals surface area contributed by atoms with Crippen LogP contribution in [0.1, 0.15) is 39.3 Å². The fourth-order valence-corrected chi connectivity index (χ4v) is 4.10. The number of hydrogen-bond acceptors (Lipinski definition) is 6. The van der Waals surface area contributed by atoms with Crippen molar-refractivity contribution >= 4 is 17.4 Å². The Morgan fingerprint density at radius 3 is 2.68 bits per heavy atom. The van der Waals surface area contributed by atoms with Gasteiger partial charge >= 0.3 is 6.09 Å². The minimum absolute atomic E-state index is 0.172. The summed E-state index contributed by atoms with van der Waals surface area (Å²) in [5.41, 5.74) is 1.64. The van der Waals surface area contributed by atoms with E-state index in [1.807, 2.05) is 45.0 Å². The summed E-state index contributed by atoms with van der Waals surface area (Å²) < 4.78 is 10.8. The van der Waals surface area contributed by atoms with Gasteiger partial charge in [-0.25, -0.2) is 9.78 Å². The molecule has 0 saturated carbocycles. The Morgan fingerprint density at radius 1 is 1.29 bits per heavy atom. The second kappa shape index (κ2) is 8.92. The molecule has 0 radical (unpaired) electrons. The highest BCUT2D eigenvalue weighted by Crippen LogP contribution is 2.32. The third-order valence-corrected chi connectivity index (χ3v) is 5.51. The summed E-state index contributed by atoms with van der Waals surface area (Å²) in [7, 11) is 1.68. The standard InChI is InChI=1S/C21H29N3O3S/c1-21(2,3)27-20(25)23-15-9-11-24(12-10-15)13-16-14-28-19(22-16)17-7-5-6-8-18(17)26-4/h5-8,14-15H,9-13H2,1-4H3,(H,23,25). The Bertz CT molecular complexity index is 792. The van der Waals surface area contributed by atoms with E-state index in [-0.39, 0.29) is 12.1 Å². The fourth-order valence-electron chi connectivity index (χ4n) is 3.26. The number of carbonyl (C=O) groups is 1. The number of alkyl carbamates (subject to hydrolysis) is 1. The molecule has 7 heteroatoms. The summed E-state index contributed by atoms with van der Waals surface area (Å²) in [5, 5.41) is 6.08. The zero-order chi connectivity index (χ0) is 20.1. The van der Waals surface area contributed by atoms with Gasteiger partial charge in [0.25, 0.3) is 0 Å². The van der Waals surface area contributed by atoms with Crippen LogP contribution in [0.4, 0.5) is 4.79 Å². The lowest BCUT2D eigenvalue weighted by molar-refractivity contribution is 0.0477. The Hall–Kier alpha value is -2.12. The monoisotopic (exact) mass is 403 g/mol. The SMILES string of the molecule is COc1ccccc1-c1nc(CN2CCC(NC(=O)OC(C)(C)C)CC2)cs1. The van der Waals surface area contributed by atoms with Crippen LogP contribution in [0.5, 0.6) is 5.75 Å². The number of nitrogens with one attached hydrogen (secondary N) is 1. The molecule has 0 spiro atoms. The third kappa shape index (κ3) is 5.69. The largest absolute Gasteiger partial charge is 0.496 e. The van der Waals surface area contributed by atoms with Crippen LogP contribution in [0.2, 0.25) is 0 Å². The number of likely N-dealkylation sites (tertiary alicyclic amines) is 1. The van der Waals surface area contributed by atoms with E-state index in [0.29, 0.717) is 0 Å². The number of nitrogens with zero attached hydrogens (tertiary/aromatic N) is 2. The van der Waals surface area contributed by atoms with Crippen molar-refractivity contribution in [3.63, 3.8) is 0 Å². The number of aromatic nitrogens is 1. The molecule has 6 nitrogen and oxygen atoms in total. The predicted molar refractivity (Wildman–Crippen MR) is 112 cm³/mol. The molecule has 0 unspecified atom stereocenters. The van der Waals surface area contributed by atoms with E-state index in [4.69, 9.17) is 14.5 Å². The van der Waals surface area contributed by atoms with Crippen LogP contribution in [0.25, 0.3) is 10.6 Å². The second-order valence-electron chi connectivity index (χ2n) is 8.04. The maximum Gasteiger partial charge on any atom is 0.407 e. The Kier molecular flexibility index (Phi) is 6.57. The van der Waals surface area contributed by atoms with Crippen molar-refractivity contribution in [3.8, 4) is 16.3 Å². The summed E-state index contributed by atoms with van der Waals surface area (Å²) in [6.07, 6.45) is 1.51. The molecule has 1 N–H and O–H groups in total. The number of methoxy groups -OCH3 is 1. The molecule has 1 amide bonds.